The summed E-state index contributed by atoms with van der Waals surface area (Å²) in [6.45, 7) is 4.01. The maximum Gasteiger partial charge on any atom is 0.332 e. The molecule has 0 aliphatic rings. The molecular formula is C15H16FN3O3S. The van der Waals surface area contributed by atoms with Gasteiger partial charge in [-0.05, 0) is 43.7 Å². The normalized spacial score (nSPS) is 11.8. The topological polar surface area (TPSA) is 94.1 Å². The number of benzene rings is 2. The van der Waals surface area contributed by atoms with Gasteiger partial charge in [0.05, 0.1) is 23.7 Å². The molecule has 0 radical (unpaired) electrons. The van der Waals surface area contributed by atoms with Gasteiger partial charge < -0.3 is 10.5 Å². The second kappa shape index (κ2) is 6.74. The van der Waals surface area contributed by atoms with Crippen molar-refractivity contribution in [1.29, 1.82) is 0 Å². The van der Waals surface area contributed by atoms with Gasteiger partial charge in [0.2, 0.25) is 0 Å². The molecule has 122 valence electrons. The van der Waals surface area contributed by atoms with Crippen LogP contribution in [0.25, 0.3) is 0 Å². The highest BCUT2D eigenvalue weighted by atomic mass is 32.3. The van der Waals surface area contributed by atoms with E-state index in [9.17, 15) is 12.3 Å². The number of halogens is 1. The van der Waals surface area contributed by atoms with E-state index in [4.69, 9.17) is 10.5 Å². The van der Waals surface area contributed by atoms with Gasteiger partial charge in [0, 0.05) is 6.07 Å². The van der Waals surface area contributed by atoms with Crippen LogP contribution >= 0.6 is 0 Å². The minimum Gasteiger partial charge on any atom is -0.492 e. The molecule has 23 heavy (non-hydrogen) atoms. The van der Waals surface area contributed by atoms with E-state index >= 15 is 0 Å². The zero-order valence-corrected chi connectivity index (χ0v) is 13.5. The van der Waals surface area contributed by atoms with E-state index < -0.39 is 15.1 Å². The van der Waals surface area contributed by atoms with Crippen LogP contribution in [0.1, 0.15) is 12.5 Å². The summed E-state index contributed by atoms with van der Waals surface area (Å²) in [5.41, 5.74) is 7.66. The SMILES string of the molecule is CCOc1cc(N=Nc2cc(S(=O)(=O)F)ccc2C)ccc1N. The summed E-state index contributed by atoms with van der Waals surface area (Å²) < 4.78 is 40.3. The first-order valence-corrected chi connectivity index (χ1v) is 8.19. The maximum atomic E-state index is 13.0. The van der Waals surface area contributed by atoms with Crippen LogP contribution in [0.5, 0.6) is 5.75 Å². The second-order valence-electron chi connectivity index (χ2n) is 4.74. The Bertz CT molecular complexity index is 851. The monoisotopic (exact) mass is 337 g/mol. The molecule has 0 amide bonds. The molecule has 0 aliphatic carbocycles. The number of rotatable bonds is 5. The van der Waals surface area contributed by atoms with E-state index in [0.29, 0.717) is 29.3 Å². The molecular weight excluding hydrogens is 321 g/mol. The average molecular weight is 337 g/mol. The van der Waals surface area contributed by atoms with Crippen molar-refractivity contribution >= 4 is 27.3 Å². The van der Waals surface area contributed by atoms with Crippen molar-refractivity contribution in [3.63, 3.8) is 0 Å². The fourth-order valence-corrected chi connectivity index (χ4v) is 2.31. The van der Waals surface area contributed by atoms with E-state index in [1.165, 1.54) is 12.1 Å². The van der Waals surface area contributed by atoms with E-state index in [0.717, 1.165) is 6.07 Å². The Hall–Kier alpha value is -2.48. The summed E-state index contributed by atoms with van der Waals surface area (Å²) in [4.78, 5) is -0.454. The van der Waals surface area contributed by atoms with Gasteiger partial charge >= 0.3 is 10.2 Å². The van der Waals surface area contributed by atoms with Crippen LogP contribution in [0, 0.1) is 6.92 Å². The molecule has 0 atom stereocenters. The molecule has 0 saturated carbocycles. The van der Waals surface area contributed by atoms with Crippen molar-refractivity contribution in [2.45, 2.75) is 18.7 Å². The van der Waals surface area contributed by atoms with Crippen LogP contribution in [-0.4, -0.2) is 15.0 Å². The Morgan fingerprint density at radius 1 is 1.17 bits per heavy atom. The highest BCUT2D eigenvalue weighted by molar-refractivity contribution is 7.86. The fourth-order valence-electron chi connectivity index (χ4n) is 1.83. The molecule has 8 heteroatoms. The Kier molecular flexibility index (Phi) is 4.95. The predicted octanol–water partition coefficient (Wildman–Crippen LogP) is 4.05. The molecule has 2 rings (SSSR count). The molecule has 0 unspecified atom stereocenters. The maximum absolute atomic E-state index is 13.0. The fraction of sp³-hybridized carbons (Fsp3) is 0.200. The van der Waals surface area contributed by atoms with Crippen LogP contribution in [0.2, 0.25) is 0 Å². The number of nitrogens with two attached hydrogens (primary N) is 1. The predicted molar refractivity (Wildman–Crippen MR) is 85.7 cm³/mol. The van der Waals surface area contributed by atoms with Crippen LogP contribution in [0.4, 0.5) is 20.9 Å². The highest BCUT2D eigenvalue weighted by Gasteiger charge is 2.13. The van der Waals surface area contributed by atoms with Gasteiger partial charge in [-0.1, -0.05) is 6.07 Å². The molecule has 2 N–H and O–H groups in total. The summed E-state index contributed by atoms with van der Waals surface area (Å²) in [6, 6.07) is 8.68. The third kappa shape index (κ3) is 4.26. The van der Waals surface area contributed by atoms with Gasteiger partial charge in [-0.2, -0.15) is 18.6 Å². The van der Waals surface area contributed by atoms with Gasteiger partial charge in [0.1, 0.15) is 10.6 Å². The lowest BCUT2D eigenvalue weighted by atomic mass is 10.2. The number of nitrogen functional groups attached to an aromatic ring is 1. The Morgan fingerprint density at radius 3 is 2.57 bits per heavy atom. The highest BCUT2D eigenvalue weighted by Crippen LogP contribution is 2.30. The molecule has 6 nitrogen and oxygen atoms in total. The number of aryl methyl sites for hydroxylation is 1. The molecule has 0 bridgehead atoms. The van der Waals surface area contributed by atoms with Gasteiger partial charge in [-0.15, -0.1) is 3.89 Å². The number of nitrogens with zero attached hydrogens (tertiary/aromatic N) is 2. The summed E-state index contributed by atoms with van der Waals surface area (Å²) in [7, 11) is -4.78. The number of hydrogen-bond acceptors (Lipinski definition) is 6. The molecule has 0 aromatic heterocycles. The average Bonchev–Trinajstić information content (AvgIpc) is 2.48. The minimum atomic E-state index is -4.78. The van der Waals surface area contributed by atoms with E-state index in [1.807, 2.05) is 6.92 Å². The third-order valence-electron chi connectivity index (χ3n) is 3.03. The first kappa shape index (κ1) is 16.9. The third-order valence-corrected chi connectivity index (χ3v) is 3.85. The second-order valence-corrected chi connectivity index (χ2v) is 6.09. The van der Waals surface area contributed by atoms with E-state index in [1.54, 1.807) is 25.1 Å². The molecule has 0 saturated heterocycles. The molecule has 0 spiro atoms. The number of anilines is 1. The summed E-state index contributed by atoms with van der Waals surface area (Å²) in [6.07, 6.45) is 0. The largest absolute Gasteiger partial charge is 0.492 e. The van der Waals surface area contributed by atoms with Crippen molar-refractivity contribution in [3.8, 4) is 5.75 Å². The molecule has 0 fully saturated rings. The van der Waals surface area contributed by atoms with Crippen molar-refractivity contribution in [3.05, 3.63) is 42.0 Å². The first-order chi connectivity index (χ1) is 10.8. The van der Waals surface area contributed by atoms with Crippen molar-refractivity contribution in [2.75, 3.05) is 12.3 Å². The lowest BCUT2D eigenvalue weighted by Crippen LogP contribution is -1.95. The lowest BCUT2D eigenvalue weighted by molar-refractivity contribution is 0.342. The van der Waals surface area contributed by atoms with Crippen LogP contribution in [0.15, 0.2) is 51.5 Å². The minimum absolute atomic E-state index is 0.263. The van der Waals surface area contributed by atoms with Gasteiger partial charge in [0.15, 0.2) is 0 Å². The Labute approximate surface area is 134 Å². The Balaban J connectivity index is 2.35. The number of hydrogen-bond donors (Lipinski definition) is 1. The molecule has 2 aromatic rings. The first-order valence-electron chi connectivity index (χ1n) is 6.80. The Morgan fingerprint density at radius 2 is 1.91 bits per heavy atom. The van der Waals surface area contributed by atoms with E-state index in [2.05, 4.69) is 10.2 Å². The van der Waals surface area contributed by atoms with E-state index in [-0.39, 0.29) is 5.69 Å². The van der Waals surface area contributed by atoms with Crippen LogP contribution in [0.3, 0.4) is 0 Å². The number of azo groups is 1. The van der Waals surface area contributed by atoms with Crippen molar-refractivity contribution in [1.82, 2.24) is 0 Å². The van der Waals surface area contributed by atoms with Crippen molar-refractivity contribution in [2.24, 2.45) is 10.2 Å². The van der Waals surface area contributed by atoms with Gasteiger partial charge in [0.25, 0.3) is 0 Å². The van der Waals surface area contributed by atoms with Crippen molar-refractivity contribution < 1.29 is 17.0 Å². The number of ether oxygens (including phenoxy) is 1. The van der Waals surface area contributed by atoms with Gasteiger partial charge in [-0.25, -0.2) is 0 Å². The lowest BCUT2D eigenvalue weighted by Gasteiger charge is -2.06. The van der Waals surface area contributed by atoms with Gasteiger partial charge in [-0.3, -0.25) is 0 Å². The standard InChI is InChI=1S/C15H16FN3O3S/c1-3-22-15-8-11(5-7-13(15)17)18-19-14-9-12(23(16,20)21)6-4-10(14)2/h4-9H,3,17H2,1-2H3. The zero-order valence-electron chi connectivity index (χ0n) is 12.7. The molecule has 2 aromatic carbocycles. The van der Waals surface area contributed by atoms with Crippen LogP contribution < -0.4 is 10.5 Å². The zero-order chi connectivity index (χ0) is 17.0. The molecule has 0 aliphatic heterocycles. The molecule has 0 heterocycles. The van der Waals surface area contributed by atoms with Crippen LogP contribution in [-0.2, 0) is 10.2 Å². The summed E-state index contributed by atoms with van der Waals surface area (Å²) >= 11 is 0. The summed E-state index contributed by atoms with van der Waals surface area (Å²) in [5.74, 6) is 0.487. The quantitative estimate of drug-likeness (QED) is 0.506. The summed E-state index contributed by atoms with van der Waals surface area (Å²) in [5, 5.41) is 8.00. The smallest absolute Gasteiger partial charge is 0.332 e.